The van der Waals surface area contributed by atoms with Gasteiger partial charge in [-0.05, 0) is 13.3 Å². The van der Waals surface area contributed by atoms with E-state index in [-0.39, 0.29) is 6.04 Å². The summed E-state index contributed by atoms with van der Waals surface area (Å²) in [6.07, 6.45) is -0.906. The average Bonchev–Trinajstić information content (AvgIpc) is 2.49. The van der Waals surface area contributed by atoms with Crippen molar-refractivity contribution in [3.8, 4) is 0 Å². The summed E-state index contributed by atoms with van der Waals surface area (Å²) in [6.45, 7) is 2.99. The molecule has 0 amide bonds. The van der Waals surface area contributed by atoms with Crippen LogP contribution in [0.4, 0.5) is 19.0 Å². The second-order valence-electron chi connectivity index (χ2n) is 3.85. The first-order chi connectivity index (χ1) is 7.40. The topological polar surface area (TPSA) is 29.9 Å². The lowest BCUT2D eigenvalue weighted by atomic mass is 10.2. The molecule has 0 spiro atoms. The molecule has 1 aromatic rings. The Morgan fingerprint density at radius 2 is 2.19 bits per heavy atom. The van der Waals surface area contributed by atoms with Crippen LogP contribution in [0, 0.1) is 0 Å². The molecule has 92 valence electrons. The van der Waals surface area contributed by atoms with Gasteiger partial charge in [0.15, 0.2) is 0 Å². The van der Waals surface area contributed by atoms with Gasteiger partial charge in [-0.1, -0.05) is 13.3 Å². The van der Waals surface area contributed by atoms with Gasteiger partial charge in [-0.25, -0.2) is 0 Å². The van der Waals surface area contributed by atoms with Gasteiger partial charge in [-0.15, -0.1) is 0 Å². The van der Waals surface area contributed by atoms with Crippen molar-refractivity contribution < 1.29 is 13.2 Å². The van der Waals surface area contributed by atoms with Crippen LogP contribution in [0.1, 0.15) is 26.7 Å². The second kappa shape index (κ2) is 5.23. The molecule has 1 heterocycles. The minimum atomic E-state index is -4.22. The molecular weight excluding hydrogens is 219 g/mol. The molecule has 1 unspecified atom stereocenters. The van der Waals surface area contributed by atoms with Gasteiger partial charge in [0.2, 0.25) is 0 Å². The van der Waals surface area contributed by atoms with Gasteiger partial charge < -0.3 is 5.32 Å². The lowest BCUT2D eigenvalue weighted by molar-refractivity contribution is -0.142. The van der Waals surface area contributed by atoms with Crippen LogP contribution in [0.15, 0.2) is 12.3 Å². The first kappa shape index (κ1) is 12.9. The number of nitrogens with zero attached hydrogens (tertiary/aromatic N) is 2. The van der Waals surface area contributed by atoms with Crippen molar-refractivity contribution in [3.63, 3.8) is 0 Å². The van der Waals surface area contributed by atoms with E-state index in [1.165, 1.54) is 6.20 Å². The summed E-state index contributed by atoms with van der Waals surface area (Å²) in [6, 6.07) is 1.77. The van der Waals surface area contributed by atoms with Gasteiger partial charge in [0.1, 0.15) is 12.4 Å². The quantitative estimate of drug-likeness (QED) is 0.850. The number of rotatable bonds is 5. The molecule has 3 nitrogen and oxygen atoms in total. The van der Waals surface area contributed by atoms with E-state index in [0.29, 0.717) is 5.82 Å². The maximum atomic E-state index is 12.1. The summed E-state index contributed by atoms with van der Waals surface area (Å²) >= 11 is 0. The van der Waals surface area contributed by atoms with E-state index in [1.807, 2.05) is 6.92 Å². The Balaban J connectivity index is 2.51. The van der Waals surface area contributed by atoms with Crippen LogP contribution >= 0.6 is 0 Å². The van der Waals surface area contributed by atoms with Gasteiger partial charge in [0, 0.05) is 18.3 Å². The molecule has 0 saturated heterocycles. The predicted molar refractivity (Wildman–Crippen MR) is 56.3 cm³/mol. The third-order valence-corrected chi connectivity index (χ3v) is 2.10. The summed E-state index contributed by atoms with van der Waals surface area (Å²) in [5.41, 5.74) is 0. The molecule has 0 saturated carbocycles. The van der Waals surface area contributed by atoms with E-state index in [1.54, 1.807) is 6.07 Å². The number of hydrogen-bond donors (Lipinski definition) is 1. The fourth-order valence-electron chi connectivity index (χ4n) is 1.47. The number of hydrogen-bond acceptors (Lipinski definition) is 2. The monoisotopic (exact) mass is 235 g/mol. The number of aromatic nitrogens is 2. The maximum Gasteiger partial charge on any atom is 0.408 e. The number of nitrogens with one attached hydrogen (secondary N) is 1. The van der Waals surface area contributed by atoms with Crippen molar-refractivity contribution >= 4 is 5.82 Å². The maximum absolute atomic E-state index is 12.1. The first-order valence-electron chi connectivity index (χ1n) is 5.27. The molecule has 0 aliphatic rings. The molecule has 0 bridgehead atoms. The van der Waals surface area contributed by atoms with Crippen LogP contribution in [-0.2, 0) is 6.54 Å². The third kappa shape index (κ3) is 4.55. The highest BCUT2D eigenvalue weighted by atomic mass is 19.4. The van der Waals surface area contributed by atoms with Gasteiger partial charge in [-0.2, -0.15) is 18.3 Å². The Morgan fingerprint density at radius 1 is 1.50 bits per heavy atom. The molecule has 0 aromatic carbocycles. The zero-order valence-electron chi connectivity index (χ0n) is 9.38. The number of alkyl halides is 3. The SMILES string of the molecule is CCCC(C)Nc1ccn(CC(F)(F)F)n1. The number of anilines is 1. The van der Waals surface area contributed by atoms with E-state index < -0.39 is 12.7 Å². The Kier molecular flexibility index (Phi) is 4.20. The van der Waals surface area contributed by atoms with Crippen LogP contribution in [0.3, 0.4) is 0 Å². The van der Waals surface area contributed by atoms with E-state index in [4.69, 9.17) is 0 Å². The average molecular weight is 235 g/mol. The van der Waals surface area contributed by atoms with Crippen molar-refractivity contribution in [2.24, 2.45) is 0 Å². The fourth-order valence-corrected chi connectivity index (χ4v) is 1.47. The molecule has 0 aliphatic carbocycles. The van der Waals surface area contributed by atoms with Crippen LogP contribution < -0.4 is 5.32 Å². The summed E-state index contributed by atoms with van der Waals surface area (Å²) in [7, 11) is 0. The van der Waals surface area contributed by atoms with E-state index >= 15 is 0 Å². The highest BCUT2D eigenvalue weighted by molar-refractivity contribution is 5.33. The third-order valence-electron chi connectivity index (χ3n) is 2.10. The molecule has 1 rings (SSSR count). The van der Waals surface area contributed by atoms with E-state index in [9.17, 15) is 13.2 Å². The van der Waals surface area contributed by atoms with Gasteiger partial charge >= 0.3 is 6.18 Å². The summed E-state index contributed by atoms with van der Waals surface area (Å²) in [5, 5.41) is 6.85. The second-order valence-corrected chi connectivity index (χ2v) is 3.85. The summed E-state index contributed by atoms with van der Waals surface area (Å²) in [5.74, 6) is 0.491. The zero-order chi connectivity index (χ0) is 12.2. The molecule has 0 fully saturated rings. The van der Waals surface area contributed by atoms with E-state index in [0.717, 1.165) is 17.5 Å². The Bertz CT molecular complexity index is 319. The van der Waals surface area contributed by atoms with E-state index in [2.05, 4.69) is 17.3 Å². The van der Waals surface area contributed by atoms with Gasteiger partial charge in [0.25, 0.3) is 0 Å². The van der Waals surface area contributed by atoms with Crippen LogP contribution in [0.25, 0.3) is 0 Å². The zero-order valence-corrected chi connectivity index (χ0v) is 9.38. The minimum absolute atomic E-state index is 0.222. The van der Waals surface area contributed by atoms with Crippen LogP contribution in [0.2, 0.25) is 0 Å². The van der Waals surface area contributed by atoms with Crippen molar-refractivity contribution in [2.45, 2.75) is 45.5 Å². The smallest absolute Gasteiger partial charge is 0.366 e. The highest BCUT2D eigenvalue weighted by Gasteiger charge is 2.28. The molecule has 1 aromatic heterocycles. The number of halogens is 3. The van der Waals surface area contributed by atoms with Gasteiger partial charge in [-0.3, -0.25) is 4.68 Å². The van der Waals surface area contributed by atoms with Crippen molar-refractivity contribution in [3.05, 3.63) is 12.3 Å². The molecule has 1 atom stereocenters. The largest absolute Gasteiger partial charge is 0.408 e. The minimum Gasteiger partial charge on any atom is -0.366 e. The molecule has 6 heteroatoms. The van der Waals surface area contributed by atoms with Crippen molar-refractivity contribution in [1.29, 1.82) is 0 Å². The first-order valence-corrected chi connectivity index (χ1v) is 5.27. The Morgan fingerprint density at radius 3 is 2.75 bits per heavy atom. The Hall–Kier alpha value is -1.20. The van der Waals surface area contributed by atoms with Crippen molar-refractivity contribution in [2.75, 3.05) is 5.32 Å². The summed E-state index contributed by atoms with van der Waals surface area (Å²) in [4.78, 5) is 0. The molecule has 16 heavy (non-hydrogen) atoms. The normalized spacial score (nSPS) is 13.8. The lowest BCUT2D eigenvalue weighted by Gasteiger charge is -2.11. The summed E-state index contributed by atoms with van der Waals surface area (Å²) < 4.78 is 37.0. The fraction of sp³-hybridized carbons (Fsp3) is 0.700. The van der Waals surface area contributed by atoms with Crippen LogP contribution in [0.5, 0.6) is 0 Å². The lowest BCUT2D eigenvalue weighted by Crippen LogP contribution is -2.19. The molecular formula is C10H16F3N3. The molecule has 0 aliphatic heterocycles. The van der Waals surface area contributed by atoms with Gasteiger partial charge in [0.05, 0.1) is 0 Å². The molecule has 0 radical (unpaired) electrons. The predicted octanol–water partition coefficient (Wildman–Crippen LogP) is 3.05. The van der Waals surface area contributed by atoms with Crippen LogP contribution in [-0.4, -0.2) is 22.0 Å². The highest BCUT2D eigenvalue weighted by Crippen LogP contribution is 2.17. The standard InChI is InChI=1S/C10H16F3N3/c1-3-4-8(2)14-9-5-6-16(15-9)7-10(11,12)13/h5-6,8H,3-4,7H2,1-2H3,(H,14,15). The van der Waals surface area contributed by atoms with Crippen molar-refractivity contribution in [1.82, 2.24) is 9.78 Å². The Labute approximate surface area is 92.6 Å². The molecule has 1 N–H and O–H groups in total.